The van der Waals surface area contributed by atoms with Gasteiger partial charge in [0.25, 0.3) is 0 Å². The molecule has 2 fully saturated rings. The Morgan fingerprint density at radius 1 is 1.22 bits per heavy atom. The van der Waals surface area contributed by atoms with Crippen LogP contribution in [0.2, 0.25) is 10.0 Å². The first-order valence-corrected chi connectivity index (χ1v) is 12.2. The Kier molecular flexibility index (Phi) is 5.22. The second-order valence-corrected chi connectivity index (χ2v) is 10.3. The maximum Gasteiger partial charge on any atom is 0.310 e. The topological polar surface area (TPSA) is 110 Å². The number of fused-ring (bicyclic) bond motifs is 1. The summed E-state index contributed by atoms with van der Waals surface area (Å²) in [7, 11) is 0. The first-order valence-electron chi connectivity index (χ1n) is 11.4. The molecule has 3 aliphatic heterocycles. The van der Waals surface area contributed by atoms with Gasteiger partial charge in [-0.1, -0.05) is 59.6 Å². The van der Waals surface area contributed by atoms with Crippen molar-refractivity contribution in [1.29, 1.82) is 0 Å². The monoisotopic (exact) mass is 525 g/mol. The minimum absolute atomic E-state index is 0.135. The molecule has 1 N–H and O–H groups in total. The number of hydrogen-bond acceptors (Lipinski definition) is 6. The summed E-state index contributed by atoms with van der Waals surface area (Å²) in [5.41, 5.74) is 2.22. The fraction of sp³-hybridized carbons (Fsp3) is 0.320. The van der Waals surface area contributed by atoms with Crippen LogP contribution in [-0.4, -0.2) is 60.3 Å². The number of nitrogens with zero attached hydrogens (tertiary/aromatic N) is 5. The van der Waals surface area contributed by atoms with Gasteiger partial charge in [0.1, 0.15) is 17.6 Å². The van der Waals surface area contributed by atoms with Crippen molar-refractivity contribution in [2.75, 3.05) is 6.54 Å². The first-order chi connectivity index (χ1) is 17.2. The van der Waals surface area contributed by atoms with Gasteiger partial charge < -0.3 is 14.7 Å². The molecule has 3 aromatic rings. The molecule has 0 aliphatic carbocycles. The average molecular weight is 526 g/mol. The van der Waals surface area contributed by atoms with Crippen molar-refractivity contribution in [1.82, 2.24) is 25.1 Å². The quantitative estimate of drug-likeness (QED) is 0.507. The van der Waals surface area contributed by atoms with Crippen molar-refractivity contribution in [3.8, 4) is 5.69 Å². The number of para-hydroxylation sites is 1. The maximum absolute atomic E-state index is 14.0. The van der Waals surface area contributed by atoms with E-state index in [1.807, 2.05) is 38.1 Å². The zero-order valence-corrected chi connectivity index (χ0v) is 20.8. The van der Waals surface area contributed by atoms with Crippen LogP contribution in [0.4, 0.5) is 0 Å². The standard InChI is InChI=1S/C25H21Cl2N5O4/c1-12-4-3-5-13(2)20(12)32-22(28-29-30-32)21(15-7-6-14(26)10-16(15)27)31-11-25-9-8-17(36-25)18(24(34)35)19(25)23(31)33/h3-10,17-19,21H,11H2,1-2H3,(H,34,35)/t17-,18-,19+,21+,25-/m1/s1. The summed E-state index contributed by atoms with van der Waals surface area (Å²) in [6.07, 6.45) is 2.92. The van der Waals surface area contributed by atoms with E-state index in [4.69, 9.17) is 27.9 Å². The van der Waals surface area contributed by atoms with Gasteiger partial charge in [-0.2, -0.15) is 4.68 Å². The van der Waals surface area contributed by atoms with Gasteiger partial charge in [0.15, 0.2) is 5.82 Å². The second-order valence-electron chi connectivity index (χ2n) is 9.46. The minimum Gasteiger partial charge on any atom is -0.481 e. The van der Waals surface area contributed by atoms with Gasteiger partial charge in [-0.3, -0.25) is 9.59 Å². The number of rotatable bonds is 5. The van der Waals surface area contributed by atoms with Crippen molar-refractivity contribution in [3.63, 3.8) is 0 Å². The number of hydrogen-bond donors (Lipinski definition) is 1. The second kappa shape index (κ2) is 8.12. The van der Waals surface area contributed by atoms with Gasteiger partial charge >= 0.3 is 5.97 Å². The van der Waals surface area contributed by atoms with Gasteiger partial charge in [0.05, 0.1) is 24.3 Å². The van der Waals surface area contributed by atoms with Gasteiger partial charge in [0.2, 0.25) is 5.91 Å². The van der Waals surface area contributed by atoms with E-state index >= 15 is 0 Å². The normalized spacial score (nSPS) is 27.1. The van der Waals surface area contributed by atoms with Gasteiger partial charge in [-0.15, -0.1) is 5.10 Å². The van der Waals surface area contributed by atoms with Crippen molar-refractivity contribution in [3.05, 3.63) is 81.1 Å². The van der Waals surface area contributed by atoms with E-state index in [1.54, 1.807) is 33.9 Å². The van der Waals surface area contributed by atoms with Gasteiger partial charge in [-0.25, -0.2) is 0 Å². The number of aliphatic carboxylic acids is 1. The third-order valence-electron chi connectivity index (χ3n) is 7.37. The predicted octanol–water partition coefficient (Wildman–Crippen LogP) is 3.54. The molecule has 6 rings (SSSR count). The molecule has 9 nitrogen and oxygen atoms in total. The molecule has 1 aromatic heterocycles. The molecule has 2 bridgehead atoms. The molecule has 0 saturated carbocycles. The fourth-order valence-corrected chi connectivity index (χ4v) is 6.37. The Morgan fingerprint density at radius 3 is 2.67 bits per heavy atom. The number of carboxylic acid groups (broad SMARTS) is 1. The molecule has 4 heterocycles. The van der Waals surface area contributed by atoms with E-state index in [0.717, 1.165) is 16.8 Å². The number of benzene rings is 2. The lowest BCUT2D eigenvalue weighted by molar-refractivity contribution is -0.148. The number of halogens is 2. The summed E-state index contributed by atoms with van der Waals surface area (Å²) in [6.45, 7) is 4.05. The molecule has 3 aliphatic rings. The third-order valence-corrected chi connectivity index (χ3v) is 7.94. The molecule has 0 unspecified atom stereocenters. The molecule has 1 amide bonds. The van der Waals surface area contributed by atoms with Crippen LogP contribution in [0.25, 0.3) is 5.69 Å². The van der Waals surface area contributed by atoms with Crippen LogP contribution in [0.5, 0.6) is 0 Å². The van der Waals surface area contributed by atoms with Crippen LogP contribution in [-0.2, 0) is 14.3 Å². The molecule has 0 radical (unpaired) electrons. The lowest BCUT2D eigenvalue weighted by atomic mass is 9.77. The Labute approximate surface area is 216 Å². The van der Waals surface area contributed by atoms with E-state index in [0.29, 0.717) is 21.4 Å². The predicted molar refractivity (Wildman–Crippen MR) is 130 cm³/mol. The first kappa shape index (κ1) is 23.1. The van der Waals surface area contributed by atoms with Crippen LogP contribution >= 0.6 is 23.2 Å². The van der Waals surface area contributed by atoms with E-state index in [9.17, 15) is 14.7 Å². The molecule has 5 atom stereocenters. The molecule has 2 aromatic carbocycles. The third kappa shape index (κ3) is 3.23. The zero-order valence-electron chi connectivity index (χ0n) is 19.3. The smallest absolute Gasteiger partial charge is 0.310 e. The molecule has 184 valence electrons. The summed E-state index contributed by atoms with van der Waals surface area (Å²) < 4.78 is 7.71. The number of likely N-dealkylation sites (tertiary alicyclic amines) is 1. The Bertz CT molecular complexity index is 1440. The Morgan fingerprint density at radius 2 is 1.97 bits per heavy atom. The number of carbonyl (C=O) groups is 2. The number of amides is 1. The number of carbonyl (C=O) groups excluding carboxylic acids is 1. The minimum atomic E-state index is -1.06. The lowest BCUT2D eigenvalue weighted by Crippen LogP contribution is -2.39. The highest BCUT2D eigenvalue weighted by Crippen LogP contribution is 2.54. The van der Waals surface area contributed by atoms with Crippen molar-refractivity contribution < 1.29 is 19.4 Å². The van der Waals surface area contributed by atoms with Crippen LogP contribution in [0.1, 0.15) is 28.6 Å². The number of aryl methyl sites for hydroxylation is 2. The molecular formula is C25H21Cl2N5O4. The largest absolute Gasteiger partial charge is 0.481 e. The van der Waals surface area contributed by atoms with Crippen molar-refractivity contribution >= 4 is 35.1 Å². The zero-order chi connectivity index (χ0) is 25.4. The fourth-order valence-electron chi connectivity index (χ4n) is 5.86. The van der Waals surface area contributed by atoms with E-state index in [1.165, 1.54) is 0 Å². The van der Waals surface area contributed by atoms with Gasteiger partial charge in [-0.05, 0) is 47.5 Å². The van der Waals surface area contributed by atoms with Crippen LogP contribution in [0.15, 0.2) is 48.6 Å². The highest BCUT2D eigenvalue weighted by atomic mass is 35.5. The highest BCUT2D eigenvalue weighted by Gasteiger charge is 2.68. The van der Waals surface area contributed by atoms with Crippen molar-refractivity contribution in [2.24, 2.45) is 11.8 Å². The highest BCUT2D eigenvalue weighted by molar-refractivity contribution is 6.35. The number of tetrazole rings is 1. The molecule has 36 heavy (non-hydrogen) atoms. The Hall–Kier alpha value is -3.27. The lowest BCUT2D eigenvalue weighted by Gasteiger charge is -2.30. The molecule has 1 spiro atoms. The van der Waals surface area contributed by atoms with E-state index in [-0.39, 0.29) is 12.5 Å². The molecule has 11 heteroatoms. The average Bonchev–Trinajstić information content (AvgIpc) is 3.57. The summed E-state index contributed by atoms with van der Waals surface area (Å²) in [5.74, 6) is -2.87. The van der Waals surface area contributed by atoms with Crippen molar-refractivity contribution in [2.45, 2.75) is 31.6 Å². The summed E-state index contributed by atoms with van der Waals surface area (Å²) in [6, 6.07) is 10.1. The molecule has 2 saturated heterocycles. The SMILES string of the molecule is Cc1cccc(C)c1-n1nnnc1[C@H](c1ccc(Cl)cc1Cl)N1C[C@@]23C=C[C@@H](O2)[C@@H](C(=O)O)[C@H]3C1=O. The summed E-state index contributed by atoms with van der Waals surface area (Å²) in [4.78, 5) is 27.6. The summed E-state index contributed by atoms with van der Waals surface area (Å²) >= 11 is 12.8. The Balaban J connectivity index is 1.53. The summed E-state index contributed by atoms with van der Waals surface area (Å²) in [5, 5.41) is 23.2. The van der Waals surface area contributed by atoms with E-state index < -0.39 is 35.6 Å². The number of ether oxygens (including phenoxy) is 1. The van der Waals surface area contributed by atoms with Crippen LogP contribution in [0, 0.1) is 25.7 Å². The van der Waals surface area contributed by atoms with Gasteiger partial charge in [0, 0.05) is 15.6 Å². The maximum atomic E-state index is 14.0. The molecular weight excluding hydrogens is 505 g/mol. The number of aromatic nitrogens is 4. The number of carboxylic acids is 1. The van der Waals surface area contributed by atoms with E-state index in [2.05, 4.69) is 15.5 Å². The van der Waals surface area contributed by atoms with Crippen LogP contribution < -0.4 is 0 Å². The van der Waals surface area contributed by atoms with Crippen LogP contribution in [0.3, 0.4) is 0 Å².